The molecule has 0 aliphatic carbocycles. The molecule has 86 valence electrons. The van der Waals surface area contributed by atoms with Gasteiger partial charge in [-0.05, 0) is 36.4 Å². The Balaban J connectivity index is 1.95. The SMILES string of the molecule is O=C(ONc1ccc(Br)cc1)c1ccccc1. The van der Waals surface area contributed by atoms with Crippen LogP contribution in [0.4, 0.5) is 5.69 Å². The van der Waals surface area contributed by atoms with Crippen LogP contribution < -0.4 is 5.48 Å². The molecule has 0 saturated heterocycles. The highest BCUT2D eigenvalue weighted by Gasteiger charge is 2.05. The van der Waals surface area contributed by atoms with E-state index in [1.54, 1.807) is 24.3 Å². The Morgan fingerprint density at radius 1 is 1.00 bits per heavy atom. The molecular formula is C13H10BrNO2. The van der Waals surface area contributed by atoms with Gasteiger partial charge >= 0.3 is 5.97 Å². The Morgan fingerprint density at radius 2 is 1.65 bits per heavy atom. The van der Waals surface area contributed by atoms with Crippen LogP contribution in [0.2, 0.25) is 0 Å². The fourth-order valence-corrected chi connectivity index (χ4v) is 1.52. The molecule has 0 spiro atoms. The second-order valence-corrected chi connectivity index (χ2v) is 4.28. The first-order valence-corrected chi connectivity index (χ1v) is 5.83. The van der Waals surface area contributed by atoms with E-state index in [0.717, 1.165) is 10.2 Å². The van der Waals surface area contributed by atoms with Gasteiger partial charge in [0.15, 0.2) is 0 Å². The highest BCUT2D eigenvalue weighted by atomic mass is 79.9. The molecule has 0 heterocycles. The lowest BCUT2D eigenvalue weighted by Gasteiger charge is -2.06. The molecule has 2 aromatic rings. The van der Waals surface area contributed by atoms with Gasteiger partial charge in [-0.1, -0.05) is 34.1 Å². The molecule has 0 atom stereocenters. The second kappa shape index (κ2) is 5.50. The average molecular weight is 292 g/mol. The average Bonchev–Trinajstić information content (AvgIpc) is 2.39. The highest BCUT2D eigenvalue weighted by molar-refractivity contribution is 9.10. The number of anilines is 1. The van der Waals surface area contributed by atoms with Crippen molar-refractivity contribution in [2.24, 2.45) is 0 Å². The molecule has 3 nitrogen and oxygen atoms in total. The molecule has 0 aromatic heterocycles. The van der Waals surface area contributed by atoms with Crippen molar-refractivity contribution in [1.29, 1.82) is 0 Å². The third-order valence-corrected chi connectivity index (χ3v) is 2.64. The van der Waals surface area contributed by atoms with E-state index in [1.165, 1.54) is 0 Å². The maximum atomic E-state index is 11.6. The number of carbonyl (C=O) groups is 1. The summed E-state index contributed by atoms with van der Waals surface area (Å²) in [7, 11) is 0. The molecule has 2 aromatic carbocycles. The Bertz CT molecular complexity index is 497. The number of halogens is 1. The lowest BCUT2D eigenvalue weighted by molar-refractivity contribution is 0.0596. The fourth-order valence-electron chi connectivity index (χ4n) is 1.26. The number of rotatable bonds is 3. The van der Waals surface area contributed by atoms with Crippen LogP contribution in [0.1, 0.15) is 10.4 Å². The molecule has 0 aliphatic rings. The lowest BCUT2D eigenvalue weighted by Crippen LogP contribution is -2.10. The van der Waals surface area contributed by atoms with E-state index >= 15 is 0 Å². The molecule has 0 aliphatic heterocycles. The minimum absolute atomic E-state index is 0.409. The van der Waals surface area contributed by atoms with Crippen molar-refractivity contribution in [3.8, 4) is 0 Å². The minimum Gasteiger partial charge on any atom is -0.338 e. The first kappa shape index (κ1) is 11.7. The van der Waals surface area contributed by atoms with E-state index in [0.29, 0.717) is 5.56 Å². The summed E-state index contributed by atoms with van der Waals surface area (Å²) in [5.41, 5.74) is 3.83. The molecule has 0 radical (unpaired) electrons. The summed E-state index contributed by atoms with van der Waals surface area (Å²) < 4.78 is 0.970. The van der Waals surface area contributed by atoms with Gasteiger partial charge in [-0.15, -0.1) is 0 Å². The maximum Gasteiger partial charge on any atom is 0.362 e. The first-order chi connectivity index (χ1) is 8.25. The normalized spacial score (nSPS) is 9.71. The molecule has 17 heavy (non-hydrogen) atoms. The Hall–Kier alpha value is -1.81. The van der Waals surface area contributed by atoms with Crippen molar-refractivity contribution in [2.75, 3.05) is 5.48 Å². The van der Waals surface area contributed by atoms with Gasteiger partial charge in [-0.3, -0.25) is 0 Å². The predicted octanol–water partition coefficient (Wildman–Crippen LogP) is 3.63. The van der Waals surface area contributed by atoms with Crippen molar-refractivity contribution in [1.82, 2.24) is 0 Å². The molecule has 0 fully saturated rings. The van der Waals surface area contributed by atoms with Crippen LogP contribution in [0.25, 0.3) is 0 Å². The van der Waals surface area contributed by atoms with Gasteiger partial charge in [0, 0.05) is 4.47 Å². The second-order valence-electron chi connectivity index (χ2n) is 3.36. The summed E-state index contributed by atoms with van der Waals surface area (Å²) >= 11 is 3.33. The van der Waals surface area contributed by atoms with Crippen LogP contribution in [0.3, 0.4) is 0 Å². The highest BCUT2D eigenvalue weighted by Crippen LogP contribution is 2.14. The van der Waals surface area contributed by atoms with Gasteiger partial charge in [-0.2, -0.15) is 0 Å². The Labute approximate surface area is 107 Å². The molecule has 0 bridgehead atoms. The van der Waals surface area contributed by atoms with Crippen molar-refractivity contribution in [2.45, 2.75) is 0 Å². The zero-order valence-corrected chi connectivity index (χ0v) is 10.5. The molecule has 2 rings (SSSR count). The largest absolute Gasteiger partial charge is 0.362 e. The fraction of sp³-hybridized carbons (Fsp3) is 0. The van der Waals surface area contributed by atoms with Gasteiger partial charge in [0.25, 0.3) is 0 Å². The summed E-state index contributed by atoms with van der Waals surface area (Å²) in [6.45, 7) is 0. The summed E-state index contributed by atoms with van der Waals surface area (Å²) in [6.07, 6.45) is 0. The summed E-state index contributed by atoms with van der Waals surface area (Å²) in [5.74, 6) is -0.409. The van der Waals surface area contributed by atoms with Gasteiger partial charge < -0.3 is 4.84 Å². The zero-order valence-electron chi connectivity index (χ0n) is 8.89. The van der Waals surface area contributed by atoms with Crippen molar-refractivity contribution in [3.05, 3.63) is 64.6 Å². The summed E-state index contributed by atoms with van der Waals surface area (Å²) in [5, 5.41) is 0. The zero-order chi connectivity index (χ0) is 12.1. The lowest BCUT2D eigenvalue weighted by atomic mass is 10.2. The first-order valence-electron chi connectivity index (χ1n) is 5.03. The predicted molar refractivity (Wildman–Crippen MR) is 69.6 cm³/mol. The van der Waals surface area contributed by atoms with E-state index in [4.69, 9.17) is 4.84 Å². The van der Waals surface area contributed by atoms with Gasteiger partial charge in [0.05, 0.1) is 11.3 Å². The number of carbonyl (C=O) groups excluding carboxylic acids is 1. The van der Waals surface area contributed by atoms with E-state index in [1.807, 2.05) is 30.3 Å². The molecule has 0 saturated carbocycles. The van der Waals surface area contributed by atoms with Gasteiger partial charge in [0.1, 0.15) is 0 Å². The summed E-state index contributed by atoms with van der Waals surface area (Å²) in [4.78, 5) is 16.5. The summed E-state index contributed by atoms with van der Waals surface area (Å²) in [6, 6.07) is 16.2. The monoisotopic (exact) mass is 291 g/mol. The van der Waals surface area contributed by atoms with Crippen molar-refractivity contribution >= 4 is 27.6 Å². The standard InChI is InChI=1S/C13H10BrNO2/c14-11-6-8-12(9-7-11)15-17-13(16)10-4-2-1-3-5-10/h1-9,15H. The molecule has 0 unspecified atom stereocenters. The van der Waals surface area contributed by atoms with Crippen LogP contribution in [-0.4, -0.2) is 5.97 Å². The van der Waals surface area contributed by atoms with E-state index in [-0.39, 0.29) is 0 Å². The van der Waals surface area contributed by atoms with Crippen LogP contribution in [0.5, 0.6) is 0 Å². The molecule has 1 N–H and O–H groups in total. The third kappa shape index (κ3) is 3.32. The number of benzene rings is 2. The molecule has 0 amide bonds. The Morgan fingerprint density at radius 3 is 2.29 bits per heavy atom. The van der Waals surface area contributed by atoms with Gasteiger partial charge in [0.2, 0.25) is 0 Å². The van der Waals surface area contributed by atoms with E-state index < -0.39 is 5.97 Å². The van der Waals surface area contributed by atoms with E-state index in [2.05, 4.69) is 21.4 Å². The Kier molecular flexibility index (Phi) is 3.77. The number of hydrogen-bond acceptors (Lipinski definition) is 3. The third-order valence-electron chi connectivity index (χ3n) is 2.12. The molecular weight excluding hydrogens is 282 g/mol. The van der Waals surface area contributed by atoms with Crippen LogP contribution >= 0.6 is 15.9 Å². The van der Waals surface area contributed by atoms with Crippen LogP contribution in [0, 0.1) is 0 Å². The molecule has 4 heteroatoms. The van der Waals surface area contributed by atoms with Crippen molar-refractivity contribution < 1.29 is 9.63 Å². The van der Waals surface area contributed by atoms with Crippen LogP contribution in [-0.2, 0) is 4.84 Å². The van der Waals surface area contributed by atoms with E-state index in [9.17, 15) is 4.79 Å². The van der Waals surface area contributed by atoms with Gasteiger partial charge in [-0.25, -0.2) is 10.3 Å². The maximum absolute atomic E-state index is 11.6. The quantitative estimate of drug-likeness (QED) is 0.878. The topological polar surface area (TPSA) is 38.3 Å². The van der Waals surface area contributed by atoms with Crippen molar-refractivity contribution in [3.63, 3.8) is 0 Å². The smallest absolute Gasteiger partial charge is 0.338 e. The minimum atomic E-state index is -0.409. The van der Waals surface area contributed by atoms with Crippen LogP contribution in [0.15, 0.2) is 59.1 Å². The number of hydrogen-bond donors (Lipinski definition) is 1. The number of nitrogens with one attached hydrogen (secondary N) is 1.